The van der Waals surface area contributed by atoms with Crippen LogP contribution in [0.25, 0.3) is 0 Å². The number of anilines is 2. The van der Waals surface area contributed by atoms with Crippen molar-refractivity contribution in [1.29, 1.82) is 0 Å². The molecule has 246 valence electrons. The lowest BCUT2D eigenvalue weighted by atomic mass is 10.2. The maximum Gasteiger partial charge on any atom is 0.264 e. The largest absolute Gasteiger partial charge is 0.497 e. The number of sulfonamides is 1. The molecule has 0 aliphatic carbocycles. The molecule has 14 heteroatoms. The van der Waals surface area contributed by atoms with Crippen LogP contribution in [0, 0.1) is 0 Å². The van der Waals surface area contributed by atoms with Crippen molar-refractivity contribution >= 4 is 39.4 Å². The van der Waals surface area contributed by atoms with Gasteiger partial charge in [-0.05, 0) is 90.5 Å². The van der Waals surface area contributed by atoms with Crippen LogP contribution >= 0.6 is 0 Å². The Morgan fingerprint density at radius 1 is 0.723 bits per heavy atom. The highest BCUT2D eigenvalue weighted by Crippen LogP contribution is 2.32. The SMILES string of the molecule is COc1ccc(NC(=O)COc2ccc(/C=N/NC(=O)CN(c3ccc(OC)cc3)S(=O)(=O)c3ccc(OC)c(OC)c3)cc2)cc1. The van der Waals surface area contributed by atoms with Gasteiger partial charge < -0.3 is 29.0 Å². The lowest BCUT2D eigenvalue weighted by Crippen LogP contribution is -2.39. The molecule has 0 unspecified atom stereocenters. The van der Waals surface area contributed by atoms with Crippen LogP contribution in [0.4, 0.5) is 11.4 Å². The third kappa shape index (κ3) is 9.14. The summed E-state index contributed by atoms with van der Waals surface area (Å²) in [5.74, 6) is 1.18. The zero-order valence-electron chi connectivity index (χ0n) is 26.1. The zero-order chi connectivity index (χ0) is 33.8. The molecule has 0 fully saturated rings. The van der Waals surface area contributed by atoms with E-state index < -0.39 is 22.5 Å². The summed E-state index contributed by atoms with van der Waals surface area (Å²) < 4.78 is 54.8. The summed E-state index contributed by atoms with van der Waals surface area (Å²) in [6.45, 7) is -0.780. The molecule has 4 aromatic rings. The summed E-state index contributed by atoms with van der Waals surface area (Å²) in [6.07, 6.45) is 1.39. The molecule has 0 bridgehead atoms. The average molecular weight is 663 g/mol. The zero-order valence-corrected chi connectivity index (χ0v) is 26.9. The Balaban J connectivity index is 1.38. The van der Waals surface area contributed by atoms with Crippen molar-refractivity contribution < 1.29 is 41.7 Å². The summed E-state index contributed by atoms with van der Waals surface area (Å²) in [4.78, 5) is 25.1. The monoisotopic (exact) mass is 662 g/mol. The van der Waals surface area contributed by atoms with E-state index in [1.54, 1.807) is 67.8 Å². The van der Waals surface area contributed by atoms with Gasteiger partial charge in [0.2, 0.25) is 0 Å². The van der Waals surface area contributed by atoms with Gasteiger partial charge in [0.15, 0.2) is 18.1 Å². The molecule has 47 heavy (non-hydrogen) atoms. The minimum Gasteiger partial charge on any atom is -0.497 e. The van der Waals surface area contributed by atoms with Crippen molar-refractivity contribution in [3.05, 3.63) is 96.6 Å². The molecule has 4 aromatic carbocycles. The number of amides is 2. The normalized spacial score (nSPS) is 11.0. The van der Waals surface area contributed by atoms with Crippen LogP contribution in [0.5, 0.6) is 28.7 Å². The molecule has 0 saturated carbocycles. The van der Waals surface area contributed by atoms with Gasteiger partial charge in [0.25, 0.3) is 21.8 Å². The first kappa shape index (κ1) is 34.1. The third-order valence-corrected chi connectivity index (χ3v) is 8.39. The van der Waals surface area contributed by atoms with Crippen LogP contribution in [0.3, 0.4) is 0 Å². The van der Waals surface area contributed by atoms with Gasteiger partial charge in [-0.1, -0.05) is 0 Å². The van der Waals surface area contributed by atoms with Crippen LogP contribution in [0.1, 0.15) is 5.56 Å². The van der Waals surface area contributed by atoms with Gasteiger partial charge in [-0.2, -0.15) is 5.10 Å². The second-order valence-corrected chi connectivity index (χ2v) is 11.5. The molecular formula is C33H34N4O9S. The van der Waals surface area contributed by atoms with Crippen molar-refractivity contribution in [1.82, 2.24) is 5.43 Å². The number of carbonyl (C=O) groups is 2. The fraction of sp³-hybridized carbons (Fsp3) is 0.182. The Morgan fingerprint density at radius 2 is 1.32 bits per heavy atom. The van der Waals surface area contributed by atoms with Gasteiger partial charge in [0, 0.05) is 11.8 Å². The standard InChI is InChI=1S/C33H34N4O9S/c1-42-26-13-7-24(8-14-26)35-33(39)22-46-28-11-5-23(6-12-28)20-34-36-32(38)21-37(25-9-15-27(43-2)16-10-25)47(40,41)29-17-18-30(44-3)31(19-29)45-4/h5-20H,21-22H2,1-4H3,(H,35,39)(H,36,38)/b34-20+. The molecule has 0 heterocycles. The van der Waals surface area contributed by atoms with Gasteiger partial charge in [-0.15, -0.1) is 0 Å². The summed E-state index contributed by atoms with van der Waals surface area (Å²) in [5.41, 5.74) is 3.82. The molecule has 2 amide bonds. The van der Waals surface area contributed by atoms with Crippen molar-refractivity contribution in [3.63, 3.8) is 0 Å². The van der Waals surface area contributed by atoms with Crippen LogP contribution < -0.4 is 38.7 Å². The van der Waals surface area contributed by atoms with Crippen molar-refractivity contribution in [2.45, 2.75) is 4.90 Å². The van der Waals surface area contributed by atoms with E-state index in [-0.39, 0.29) is 28.8 Å². The second kappa shape index (κ2) is 16.0. The topological polar surface area (TPSA) is 154 Å². The number of nitrogens with one attached hydrogen (secondary N) is 2. The van der Waals surface area contributed by atoms with E-state index in [0.29, 0.717) is 34.2 Å². The Kier molecular flexibility index (Phi) is 11.6. The van der Waals surface area contributed by atoms with Crippen LogP contribution in [-0.2, 0) is 19.6 Å². The maximum absolute atomic E-state index is 13.8. The molecule has 0 radical (unpaired) electrons. The molecule has 0 aliphatic heterocycles. The number of hydrazone groups is 1. The van der Waals surface area contributed by atoms with E-state index in [9.17, 15) is 18.0 Å². The van der Waals surface area contributed by atoms with Crippen LogP contribution in [0.15, 0.2) is 101 Å². The predicted octanol–water partition coefficient (Wildman–Crippen LogP) is 4.08. The first-order chi connectivity index (χ1) is 22.7. The van der Waals surface area contributed by atoms with E-state index in [0.717, 1.165) is 4.31 Å². The van der Waals surface area contributed by atoms with E-state index in [1.165, 1.54) is 57.9 Å². The number of benzene rings is 4. The highest BCUT2D eigenvalue weighted by atomic mass is 32.2. The average Bonchev–Trinajstić information content (AvgIpc) is 3.10. The molecule has 0 aliphatic rings. The fourth-order valence-corrected chi connectivity index (χ4v) is 5.62. The van der Waals surface area contributed by atoms with E-state index in [1.807, 2.05) is 0 Å². The van der Waals surface area contributed by atoms with Gasteiger partial charge >= 0.3 is 0 Å². The number of nitrogens with zero attached hydrogens (tertiary/aromatic N) is 2. The second-order valence-electron chi connectivity index (χ2n) is 9.65. The number of ether oxygens (including phenoxy) is 5. The molecule has 0 saturated heterocycles. The minimum absolute atomic E-state index is 0.109. The number of hydrogen-bond donors (Lipinski definition) is 2. The van der Waals surface area contributed by atoms with Gasteiger partial charge in [-0.25, -0.2) is 13.8 Å². The van der Waals surface area contributed by atoms with Gasteiger partial charge in [0.05, 0.1) is 45.2 Å². The smallest absolute Gasteiger partial charge is 0.264 e. The third-order valence-electron chi connectivity index (χ3n) is 6.62. The van der Waals surface area contributed by atoms with Crippen molar-refractivity contribution in [2.75, 3.05) is 51.2 Å². The van der Waals surface area contributed by atoms with E-state index in [4.69, 9.17) is 23.7 Å². The Morgan fingerprint density at radius 3 is 1.91 bits per heavy atom. The summed E-state index contributed by atoms with van der Waals surface area (Å²) in [7, 11) is 1.64. The molecule has 4 rings (SSSR count). The molecule has 0 spiro atoms. The van der Waals surface area contributed by atoms with E-state index >= 15 is 0 Å². The molecule has 13 nitrogen and oxygen atoms in total. The Bertz CT molecular complexity index is 1800. The maximum atomic E-state index is 13.8. The Labute approximate surface area is 272 Å². The number of hydrogen-bond acceptors (Lipinski definition) is 10. The van der Waals surface area contributed by atoms with Gasteiger partial charge in [0.1, 0.15) is 23.8 Å². The van der Waals surface area contributed by atoms with E-state index in [2.05, 4.69) is 15.8 Å². The van der Waals surface area contributed by atoms with Crippen molar-refractivity contribution in [3.8, 4) is 28.7 Å². The van der Waals surface area contributed by atoms with Crippen LogP contribution in [0.2, 0.25) is 0 Å². The number of methoxy groups -OCH3 is 4. The molecular weight excluding hydrogens is 628 g/mol. The predicted molar refractivity (Wildman–Crippen MR) is 176 cm³/mol. The Hall–Kier alpha value is -5.76. The van der Waals surface area contributed by atoms with Crippen LogP contribution in [-0.4, -0.2) is 68.0 Å². The van der Waals surface area contributed by atoms with Gasteiger partial charge in [-0.3, -0.25) is 13.9 Å². The summed E-state index contributed by atoms with van der Waals surface area (Å²) in [5, 5.41) is 6.70. The quantitative estimate of drug-likeness (QED) is 0.142. The molecule has 0 atom stereocenters. The highest BCUT2D eigenvalue weighted by Gasteiger charge is 2.28. The van der Waals surface area contributed by atoms with Crippen molar-refractivity contribution in [2.24, 2.45) is 5.10 Å². The molecule has 0 aromatic heterocycles. The minimum atomic E-state index is -4.24. The molecule has 2 N–H and O–H groups in total. The lowest BCUT2D eigenvalue weighted by molar-refractivity contribution is -0.119. The fourth-order valence-electron chi connectivity index (χ4n) is 4.18. The first-order valence-electron chi connectivity index (χ1n) is 14.0. The lowest BCUT2D eigenvalue weighted by Gasteiger charge is -2.24. The number of rotatable bonds is 15. The highest BCUT2D eigenvalue weighted by molar-refractivity contribution is 7.92. The first-order valence-corrected chi connectivity index (χ1v) is 15.5. The summed E-state index contributed by atoms with van der Waals surface area (Å²) in [6, 6.07) is 23.9. The summed E-state index contributed by atoms with van der Waals surface area (Å²) >= 11 is 0. The number of carbonyl (C=O) groups excluding carboxylic acids is 2.